The number of anilines is 2. The monoisotopic (exact) mass is 335 g/mol. The van der Waals surface area contributed by atoms with Crippen LogP contribution in [0.4, 0.5) is 11.4 Å². The molecule has 0 fully saturated rings. The quantitative estimate of drug-likeness (QED) is 0.702. The number of fused-ring (bicyclic) bond motifs is 1. The molecule has 0 atom stereocenters. The second-order valence-electron chi connectivity index (χ2n) is 5.35. The second-order valence-corrected chi connectivity index (χ2v) is 5.35. The number of nitrogens with one attached hydrogen (secondary N) is 2. The number of methoxy groups -OCH3 is 1. The highest BCUT2D eigenvalue weighted by Crippen LogP contribution is 2.23. The number of ether oxygens (including phenoxy) is 1. The van der Waals surface area contributed by atoms with Crippen LogP contribution >= 0.6 is 0 Å². The number of carbonyl (C=O) groups is 2. The highest BCUT2D eigenvalue weighted by Gasteiger charge is 2.13. The summed E-state index contributed by atoms with van der Waals surface area (Å²) in [5, 5.41) is 6.33. The van der Waals surface area contributed by atoms with Gasteiger partial charge in [0.15, 0.2) is 0 Å². The lowest BCUT2D eigenvalue weighted by Crippen LogP contribution is -2.21. The Hall–Kier alpha value is -3.41. The first-order valence-electron chi connectivity index (χ1n) is 7.74. The molecule has 3 aromatic rings. The van der Waals surface area contributed by atoms with E-state index in [1.54, 1.807) is 36.5 Å². The zero-order valence-corrected chi connectivity index (χ0v) is 13.7. The van der Waals surface area contributed by atoms with Crippen molar-refractivity contribution in [3.63, 3.8) is 0 Å². The van der Waals surface area contributed by atoms with Gasteiger partial charge in [-0.2, -0.15) is 0 Å². The van der Waals surface area contributed by atoms with E-state index in [1.165, 1.54) is 7.11 Å². The first-order chi connectivity index (χ1) is 12.2. The zero-order chi connectivity index (χ0) is 17.6. The molecule has 1 heterocycles. The van der Waals surface area contributed by atoms with Gasteiger partial charge in [0.2, 0.25) is 11.8 Å². The molecule has 1 aromatic heterocycles. The number of carbonyl (C=O) groups excluding carboxylic acids is 2. The predicted octanol–water partition coefficient (Wildman–Crippen LogP) is 3.21. The Morgan fingerprint density at radius 1 is 0.920 bits per heavy atom. The third-order valence-electron chi connectivity index (χ3n) is 3.61. The smallest absolute Gasteiger partial charge is 0.233 e. The lowest BCUT2D eigenvalue weighted by molar-refractivity contribution is -0.123. The van der Waals surface area contributed by atoms with Gasteiger partial charge in [-0.3, -0.25) is 14.6 Å². The molecule has 6 heteroatoms. The van der Waals surface area contributed by atoms with E-state index >= 15 is 0 Å². The minimum absolute atomic E-state index is 0.304. The Morgan fingerprint density at radius 2 is 1.60 bits per heavy atom. The molecule has 0 saturated carbocycles. The van der Waals surface area contributed by atoms with E-state index in [1.807, 2.05) is 24.3 Å². The van der Waals surface area contributed by atoms with Crippen molar-refractivity contribution >= 4 is 34.1 Å². The Bertz CT molecular complexity index is 919. The third-order valence-corrected chi connectivity index (χ3v) is 3.61. The molecule has 0 aliphatic heterocycles. The first kappa shape index (κ1) is 16.4. The molecular weight excluding hydrogens is 318 g/mol. The molecule has 2 aromatic carbocycles. The molecule has 0 radical (unpaired) electrons. The van der Waals surface area contributed by atoms with Crippen molar-refractivity contribution in [2.24, 2.45) is 0 Å². The van der Waals surface area contributed by atoms with Crippen molar-refractivity contribution in [3.8, 4) is 5.75 Å². The number of pyridine rings is 1. The first-order valence-corrected chi connectivity index (χ1v) is 7.74. The summed E-state index contributed by atoms with van der Waals surface area (Å²) < 4.78 is 5.17. The minimum atomic E-state index is -0.421. The molecule has 0 spiro atoms. The van der Waals surface area contributed by atoms with E-state index < -0.39 is 11.8 Å². The van der Waals surface area contributed by atoms with Gasteiger partial charge in [-0.25, -0.2) is 0 Å². The van der Waals surface area contributed by atoms with Crippen LogP contribution in [0.3, 0.4) is 0 Å². The van der Waals surface area contributed by atoms with Gasteiger partial charge in [-0.05, 0) is 24.3 Å². The molecule has 25 heavy (non-hydrogen) atoms. The van der Waals surface area contributed by atoms with Gasteiger partial charge in [0, 0.05) is 11.6 Å². The lowest BCUT2D eigenvalue weighted by atomic mass is 10.2. The van der Waals surface area contributed by atoms with Crippen molar-refractivity contribution in [2.75, 3.05) is 17.7 Å². The van der Waals surface area contributed by atoms with Crippen molar-refractivity contribution in [1.29, 1.82) is 0 Å². The topological polar surface area (TPSA) is 80.3 Å². The van der Waals surface area contributed by atoms with Crippen molar-refractivity contribution < 1.29 is 14.3 Å². The van der Waals surface area contributed by atoms with E-state index in [-0.39, 0.29) is 6.42 Å². The van der Waals surface area contributed by atoms with Gasteiger partial charge in [0.1, 0.15) is 12.2 Å². The summed E-state index contributed by atoms with van der Waals surface area (Å²) >= 11 is 0. The van der Waals surface area contributed by atoms with Crippen LogP contribution in [0.1, 0.15) is 6.42 Å². The summed E-state index contributed by atoms with van der Waals surface area (Å²) in [6.45, 7) is 0. The van der Waals surface area contributed by atoms with E-state index in [0.29, 0.717) is 22.6 Å². The molecule has 0 bridgehead atoms. The Morgan fingerprint density at radius 3 is 2.40 bits per heavy atom. The number of nitrogens with zero attached hydrogens (tertiary/aromatic N) is 1. The van der Waals surface area contributed by atoms with Gasteiger partial charge in [0.25, 0.3) is 0 Å². The van der Waals surface area contributed by atoms with Crippen molar-refractivity contribution in [3.05, 3.63) is 60.8 Å². The van der Waals surface area contributed by atoms with E-state index in [9.17, 15) is 9.59 Å². The number of rotatable bonds is 5. The lowest BCUT2D eigenvalue weighted by Gasteiger charge is -2.10. The van der Waals surface area contributed by atoms with Crippen LogP contribution in [-0.2, 0) is 9.59 Å². The average molecular weight is 335 g/mol. The highest BCUT2D eigenvalue weighted by molar-refractivity contribution is 6.10. The van der Waals surface area contributed by atoms with Gasteiger partial charge in [-0.15, -0.1) is 0 Å². The standard InChI is InChI=1S/C19H17N3O3/c1-25-16-10-3-2-8-14(16)21-17(23)12-18(24)22-15-9-4-6-13-7-5-11-20-19(13)15/h2-11H,12H2,1H3,(H,21,23)(H,22,24). The fourth-order valence-corrected chi connectivity index (χ4v) is 2.49. The molecule has 2 N–H and O–H groups in total. The van der Waals surface area contributed by atoms with Crippen molar-refractivity contribution in [2.45, 2.75) is 6.42 Å². The molecule has 0 aliphatic rings. The fourth-order valence-electron chi connectivity index (χ4n) is 2.49. The molecule has 6 nitrogen and oxygen atoms in total. The minimum Gasteiger partial charge on any atom is -0.495 e. The Balaban J connectivity index is 1.67. The second kappa shape index (κ2) is 7.44. The summed E-state index contributed by atoms with van der Waals surface area (Å²) in [6.07, 6.45) is 1.35. The number of hydrogen-bond acceptors (Lipinski definition) is 4. The SMILES string of the molecule is COc1ccccc1NC(=O)CC(=O)Nc1cccc2cccnc12. The third kappa shape index (κ3) is 3.92. The van der Waals surface area contributed by atoms with Crippen LogP contribution in [0, 0.1) is 0 Å². The summed E-state index contributed by atoms with van der Waals surface area (Å²) in [5.41, 5.74) is 1.78. The zero-order valence-electron chi connectivity index (χ0n) is 13.7. The summed E-state index contributed by atoms with van der Waals surface area (Å²) in [5.74, 6) is -0.296. The number of para-hydroxylation sites is 3. The largest absolute Gasteiger partial charge is 0.495 e. The average Bonchev–Trinajstić information content (AvgIpc) is 2.62. The van der Waals surface area contributed by atoms with Crippen LogP contribution in [-0.4, -0.2) is 23.9 Å². The predicted molar refractivity (Wildman–Crippen MR) is 96.6 cm³/mol. The van der Waals surface area contributed by atoms with Gasteiger partial charge >= 0.3 is 0 Å². The molecular formula is C19H17N3O3. The highest BCUT2D eigenvalue weighted by atomic mass is 16.5. The van der Waals surface area contributed by atoms with Gasteiger partial charge in [-0.1, -0.05) is 30.3 Å². The molecule has 2 amide bonds. The number of benzene rings is 2. The van der Waals surface area contributed by atoms with Crippen molar-refractivity contribution in [1.82, 2.24) is 4.98 Å². The molecule has 0 unspecified atom stereocenters. The number of amides is 2. The van der Waals surface area contributed by atoms with Gasteiger partial charge in [0.05, 0.1) is 24.0 Å². The molecule has 3 rings (SSSR count). The number of hydrogen-bond donors (Lipinski definition) is 2. The van der Waals surface area contributed by atoms with Crippen LogP contribution in [0.5, 0.6) is 5.75 Å². The van der Waals surface area contributed by atoms with Crippen LogP contribution in [0.2, 0.25) is 0 Å². The Labute approximate surface area is 144 Å². The summed E-state index contributed by atoms with van der Waals surface area (Å²) in [7, 11) is 1.52. The van der Waals surface area contributed by atoms with Crippen LogP contribution < -0.4 is 15.4 Å². The van der Waals surface area contributed by atoms with Crippen LogP contribution in [0.25, 0.3) is 10.9 Å². The van der Waals surface area contributed by atoms with Gasteiger partial charge < -0.3 is 15.4 Å². The van der Waals surface area contributed by atoms with E-state index in [0.717, 1.165) is 5.39 Å². The van der Waals surface area contributed by atoms with E-state index in [2.05, 4.69) is 15.6 Å². The normalized spacial score (nSPS) is 10.3. The maximum atomic E-state index is 12.2. The van der Waals surface area contributed by atoms with Crippen LogP contribution in [0.15, 0.2) is 60.8 Å². The number of aromatic nitrogens is 1. The maximum Gasteiger partial charge on any atom is 0.233 e. The maximum absolute atomic E-state index is 12.2. The summed E-state index contributed by atoms with van der Waals surface area (Å²) in [6, 6.07) is 16.3. The molecule has 126 valence electrons. The Kier molecular flexibility index (Phi) is 4.89. The summed E-state index contributed by atoms with van der Waals surface area (Å²) in [4.78, 5) is 28.6. The molecule has 0 saturated heterocycles. The van der Waals surface area contributed by atoms with E-state index in [4.69, 9.17) is 4.74 Å². The molecule has 0 aliphatic carbocycles. The fraction of sp³-hybridized carbons (Fsp3) is 0.105.